The van der Waals surface area contributed by atoms with Crippen molar-refractivity contribution in [2.75, 3.05) is 6.54 Å². The summed E-state index contributed by atoms with van der Waals surface area (Å²) in [6.45, 7) is 9.97. The summed E-state index contributed by atoms with van der Waals surface area (Å²) in [5.74, 6) is 3.11. The van der Waals surface area contributed by atoms with Crippen molar-refractivity contribution >= 4 is 35.8 Å². The summed E-state index contributed by atoms with van der Waals surface area (Å²) >= 11 is 0. The second kappa shape index (κ2) is 10.9. The zero-order valence-corrected chi connectivity index (χ0v) is 19.1. The molecule has 9 heteroatoms. The third-order valence-corrected chi connectivity index (χ3v) is 4.48. The molecule has 0 fully saturated rings. The van der Waals surface area contributed by atoms with Gasteiger partial charge in [0.15, 0.2) is 5.82 Å². The largest absolute Gasteiger partial charge is 0.391 e. The summed E-state index contributed by atoms with van der Waals surface area (Å²) in [6, 6.07) is 6.21. The normalized spacial score (nSPS) is 12.1. The van der Waals surface area contributed by atoms with E-state index in [0.29, 0.717) is 24.8 Å². The van der Waals surface area contributed by atoms with Gasteiger partial charge in [0.25, 0.3) is 0 Å². The smallest absolute Gasteiger partial charge is 0.158 e. The summed E-state index contributed by atoms with van der Waals surface area (Å²) in [5, 5.41) is 14.2. The first kappa shape index (κ1) is 25.4. The average Bonchev–Trinajstić information content (AvgIpc) is 3.11. The Hall–Kier alpha value is -1.67. The fourth-order valence-corrected chi connectivity index (χ4v) is 3.38. The molecule has 0 amide bonds. The number of aliphatic hydroxyl groups is 1. The first-order chi connectivity index (χ1) is 12.9. The van der Waals surface area contributed by atoms with E-state index in [4.69, 9.17) is 10.7 Å². The van der Waals surface area contributed by atoms with Crippen molar-refractivity contribution in [2.45, 2.75) is 59.7 Å². The molecule has 29 heavy (non-hydrogen) atoms. The second-order valence-corrected chi connectivity index (χ2v) is 7.64. The molecule has 1 atom stereocenters. The van der Waals surface area contributed by atoms with Crippen LogP contribution in [0.1, 0.15) is 38.8 Å². The molecule has 2 aromatic heterocycles. The van der Waals surface area contributed by atoms with Crippen molar-refractivity contribution in [3.05, 3.63) is 29.8 Å². The summed E-state index contributed by atoms with van der Waals surface area (Å²) in [5.41, 5.74) is 8.82. The number of benzene rings is 1. The van der Waals surface area contributed by atoms with E-state index in [1.165, 1.54) is 0 Å². The summed E-state index contributed by atoms with van der Waals surface area (Å²) in [6.07, 6.45) is 1.37. The SMILES string of the molecule is Cc1nc(-c2ccc3nc(CC(C)C)n(CCCN)c3c2)n(CC(C)O)n1.Cl.Cl. The Labute approximate surface area is 184 Å². The Morgan fingerprint density at radius 3 is 2.48 bits per heavy atom. The first-order valence-electron chi connectivity index (χ1n) is 9.68. The molecule has 3 aromatic rings. The maximum atomic E-state index is 9.77. The fraction of sp³-hybridized carbons (Fsp3) is 0.550. The number of halogens is 2. The van der Waals surface area contributed by atoms with E-state index in [0.717, 1.165) is 47.6 Å². The predicted octanol–water partition coefficient (Wildman–Crippen LogP) is 3.37. The number of imidazole rings is 1. The zero-order valence-electron chi connectivity index (χ0n) is 17.5. The lowest BCUT2D eigenvalue weighted by atomic mass is 10.1. The fourth-order valence-electron chi connectivity index (χ4n) is 3.38. The lowest BCUT2D eigenvalue weighted by molar-refractivity contribution is 0.169. The number of aliphatic hydroxyl groups excluding tert-OH is 1. The van der Waals surface area contributed by atoms with E-state index in [9.17, 15) is 5.11 Å². The van der Waals surface area contributed by atoms with Gasteiger partial charge in [-0.05, 0) is 50.9 Å². The molecule has 0 bridgehead atoms. The van der Waals surface area contributed by atoms with Gasteiger partial charge in [-0.15, -0.1) is 24.8 Å². The zero-order chi connectivity index (χ0) is 19.6. The summed E-state index contributed by atoms with van der Waals surface area (Å²) in [7, 11) is 0. The highest BCUT2D eigenvalue weighted by atomic mass is 35.5. The van der Waals surface area contributed by atoms with Gasteiger partial charge in [0.2, 0.25) is 0 Å². The van der Waals surface area contributed by atoms with Crippen molar-refractivity contribution in [3.8, 4) is 11.4 Å². The van der Waals surface area contributed by atoms with Crippen LogP contribution >= 0.6 is 24.8 Å². The van der Waals surface area contributed by atoms with Crippen LogP contribution in [0.15, 0.2) is 18.2 Å². The molecule has 1 unspecified atom stereocenters. The molecule has 1 aromatic carbocycles. The average molecular weight is 443 g/mol. The van der Waals surface area contributed by atoms with Gasteiger partial charge in [0.05, 0.1) is 23.7 Å². The minimum absolute atomic E-state index is 0. The highest BCUT2D eigenvalue weighted by molar-refractivity contribution is 5.85. The molecule has 3 N–H and O–H groups in total. The van der Waals surface area contributed by atoms with Crippen LogP contribution in [0.2, 0.25) is 0 Å². The van der Waals surface area contributed by atoms with Crippen LogP contribution in [0.5, 0.6) is 0 Å². The third kappa shape index (κ3) is 5.92. The van der Waals surface area contributed by atoms with Gasteiger partial charge in [0.1, 0.15) is 11.6 Å². The van der Waals surface area contributed by atoms with Crippen molar-refractivity contribution in [2.24, 2.45) is 11.7 Å². The summed E-state index contributed by atoms with van der Waals surface area (Å²) < 4.78 is 4.06. The lowest BCUT2D eigenvalue weighted by Crippen LogP contribution is -2.14. The van der Waals surface area contributed by atoms with Crippen LogP contribution in [0.3, 0.4) is 0 Å². The van der Waals surface area contributed by atoms with E-state index < -0.39 is 6.10 Å². The van der Waals surface area contributed by atoms with Crippen molar-refractivity contribution in [1.29, 1.82) is 0 Å². The molecule has 0 radical (unpaired) electrons. The van der Waals surface area contributed by atoms with Crippen molar-refractivity contribution in [1.82, 2.24) is 24.3 Å². The molecule has 3 rings (SSSR count). The van der Waals surface area contributed by atoms with E-state index in [-0.39, 0.29) is 24.8 Å². The number of rotatable bonds is 8. The van der Waals surface area contributed by atoms with Crippen LogP contribution in [0.4, 0.5) is 0 Å². The molecular weight excluding hydrogens is 411 g/mol. The number of nitrogens with two attached hydrogens (primary N) is 1. The Kier molecular flexibility index (Phi) is 9.55. The standard InChI is InChI=1S/C20H30N6O.2ClH/c1-13(2)10-19-23-17-7-6-16(11-18(17)25(19)9-5-8-21)20-22-15(4)24-26(20)12-14(3)27;;/h6-7,11,13-14,27H,5,8-10,12,21H2,1-4H3;2*1H. The molecule has 0 aliphatic rings. The second-order valence-electron chi connectivity index (χ2n) is 7.64. The van der Waals surface area contributed by atoms with Gasteiger partial charge in [-0.3, -0.25) is 0 Å². The van der Waals surface area contributed by atoms with E-state index >= 15 is 0 Å². The van der Waals surface area contributed by atoms with Crippen LogP contribution in [-0.4, -0.2) is 42.1 Å². The van der Waals surface area contributed by atoms with Crippen LogP contribution < -0.4 is 5.73 Å². The minimum atomic E-state index is -0.485. The van der Waals surface area contributed by atoms with E-state index in [2.05, 4.69) is 34.6 Å². The van der Waals surface area contributed by atoms with Gasteiger partial charge >= 0.3 is 0 Å². The Balaban J connectivity index is 0.00000210. The Morgan fingerprint density at radius 2 is 1.86 bits per heavy atom. The topological polar surface area (TPSA) is 94.8 Å². The molecule has 0 aliphatic carbocycles. The highest BCUT2D eigenvalue weighted by Crippen LogP contribution is 2.26. The van der Waals surface area contributed by atoms with Crippen molar-refractivity contribution in [3.63, 3.8) is 0 Å². The monoisotopic (exact) mass is 442 g/mol. The maximum absolute atomic E-state index is 9.77. The predicted molar refractivity (Wildman–Crippen MR) is 122 cm³/mol. The van der Waals surface area contributed by atoms with Gasteiger partial charge in [-0.1, -0.05) is 13.8 Å². The number of hydrogen-bond acceptors (Lipinski definition) is 5. The molecule has 0 saturated heterocycles. The minimum Gasteiger partial charge on any atom is -0.391 e. The number of nitrogens with zero attached hydrogens (tertiary/aromatic N) is 5. The Morgan fingerprint density at radius 1 is 1.14 bits per heavy atom. The molecule has 0 saturated carbocycles. The van der Waals surface area contributed by atoms with Gasteiger partial charge in [0, 0.05) is 18.5 Å². The van der Waals surface area contributed by atoms with E-state index in [1.54, 1.807) is 11.6 Å². The Bertz CT molecular complexity index is 919. The maximum Gasteiger partial charge on any atom is 0.158 e. The van der Waals surface area contributed by atoms with Gasteiger partial charge in [-0.2, -0.15) is 5.10 Å². The van der Waals surface area contributed by atoms with Crippen LogP contribution in [0, 0.1) is 12.8 Å². The molecule has 7 nitrogen and oxygen atoms in total. The molecule has 0 aliphatic heterocycles. The van der Waals surface area contributed by atoms with Gasteiger partial charge < -0.3 is 15.4 Å². The summed E-state index contributed by atoms with van der Waals surface area (Å²) in [4.78, 5) is 9.43. The molecule has 2 heterocycles. The molecular formula is C20H32Cl2N6O. The number of aryl methyl sites for hydroxylation is 2. The van der Waals surface area contributed by atoms with Gasteiger partial charge in [-0.25, -0.2) is 14.6 Å². The third-order valence-electron chi connectivity index (χ3n) is 4.48. The van der Waals surface area contributed by atoms with Crippen LogP contribution in [0.25, 0.3) is 22.4 Å². The number of aromatic nitrogens is 5. The molecule has 162 valence electrons. The number of fused-ring (bicyclic) bond motifs is 1. The van der Waals surface area contributed by atoms with E-state index in [1.807, 2.05) is 19.1 Å². The van der Waals surface area contributed by atoms with Crippen LogP contribution in [-0.2, 0) is 19.5 Å². The lowest BCUT2D eigenvalue weighted by Gasteiger charge is -2.11. The first-order valence-corrected chi connectivity index (χ1v) is 9.68. The molecule has 0 spiro atoms. The quantitative estimate of drug-likeness (QED) is 0.557. The highest BCUT2D eigenvalue weighted by Gasteiger charge is 2.16. The van der Waals surface area contributed by atoms with Crippen molar-refractivity contribution < 1.29 is 5.11 Å². The number of hydrogen-bond donors (Lipinski definition) is 2.